The van der Waals surface area contributed by atoms with Crippen LogP contribution in [0, 0.1) is 5.82 Å². The van der Waals surface area contributed by atoms with Gasteiger partial charge in [-0.2, -0.15) is 0 Å². The summed E-state index contributed by atoms with van der Waals surface area (Å²) in [5.74, 6) is -0.514. The molecule has 4 rings (SSSR count). The number of amides is 2. The van der Waals surface area contributed by atoms with Crippen molar-refractivity contribution in [3.63, 3.8) is 0 Å². The zero-order valence-corrected chi connectivity index (χ0v) is 16.6. The molecular formula is C25H23FN2O2. The third kappa shape index (κ3) is 4.40. The monoisotopic (exact) mass is 402 g/mol. The lowest BCUT2D eigenvalue weighted by Crippen LogP contribution is -2.37. The van der Waals surface area contributed by atoms with Crippen LogP contribution in [-0.4, -0.2) is 47.8 Å². The molecule has 0 radical (unpaired) electrons. The van der Waals surface area contributed by atoms with Crippen molar-refractivity contribution < 1.29 is 14.0 Å². The summed E-state index contributed by atoms with van der Waals surface area (Å²) in [5, 5.41) is 0. The summed E-state index contributed by atoms with van der Waals surface area (Å²) >= 11 is 0. The number of rotatable bonds is 3. The van der Waals surface area contributed by atoms with E-state index in [4.69, 9.17) is 0 Å². The number of hydrogen-bond acceptors (Lipinski definition) is 2. The van der Waals surface area contributed by atoms with Crippen molar-refractivity contribution in [2.45, 2.75) is 6.42 Å². The van der Waals surface area contributed by atoms with Gasteiger partial charge in [-0.05, 0) is 53.9 Å². The fraction of sp³-hybridized carbons (Fsp3) is 0.200. The van der Waals surface area contributed by atoms with Crippen LogP contribution in [0.25, 0.3) is 11.1 Å². The SMILES string of the molecule is O=C(c1ccc(F)cc1)N1CCCN(C(=O)c2ccc(-c3ccccc3)cc2)CC1. The summed E-state index contributed by atoms with van der Waals surface area (Å²) in [5.41, 5.74) is 3.29. The Morgan fingerprint density at radius 3 is 1.60 bits per heavy atom. The van der Waals surface area contributed by atoms with Crippen LogP contribution in [0.1, 0.15) is 27.1 Å². The van der Waals surface area contributed by atoms with Crippen molar-refractivity contribution >= 4 is 11.8 Å². The first-order chi connectivity index (χ1) is 14.6. The second-order valence-corrected chi connectivity index (χ2v) is 7.39. The van der Waals surface area contributed by atoms with Gasteiger partial charge >= 0.3 is 0 Å². The molecule has 1 heterocycles. The summed E-state index contributed by atoms with van der Waals surface area (Å²) in [4.78, 5) is 29.2. The topological polar surface area (TPSA) is 40.6 Å². The quantitative estimate of drug-likeness (QED) is 0.648. The average Bonchev–Trinajstić information content (AvgIpc) is 3.06. The summed E-state index contributed by atoms with van der Waals surface area (Å²) in [6, 6.07) is 23.3. The number of nitrogens with zero attached hydrogens (tertiary/aromatic N) is 2. The van der Waals surface area contributed by atoms with Crippen LogP contribution in [0.3, 0.4) is 0 Å². The predicted octanol–water partition coefficient (Wildman–Crippen LogP) is 4.48. The molecule has 0 spiro atoms. The molecule has 30 heavy (non-hydrogen) atoms. The number of halogens is 1. The molecular weight excluding hydrogens is 379 g/mol. The van der Waals surface area contributed by atoms with Crippen molar-refractivity contribution in [2.24, 2.45) is 0 Å². The van der Waals surface area contributed by atoms with Crippen molar-refractivity contribution in [3.8, 4) is 11.1 Å². The number of carbonyl (C=O) groups excluding carboxylic acids is 2. The van der Waals surface area contributed by atoms with Gasteiger partial charge in [0.2, 0.25) is 0 Å². The minimum absolute atomic E-state index is 0.0225. The highest BCUT2D eigenvalue weighted by Gasteiger charge is 2.23. The second-order valence-electron chi connectivity index (χ2n) is 7.39. The predicted molar refractivity (Wildman–Crippen MR) is 115 cm³/mol. The van der Waals surface area contributed by atoms with Gasteiger partial charge in [0.15, 0.2) is 0 Å². The van der Waals surface area contributed by atoms with Crippen LogP contribution in [0.2, 0.25) is 0 Å². The second kappa shape index (κ2) is 8.91. The molecule has 0 unspecified atom stereocenters. The first-order valence-corrected chi connectivity index (χ1v) is 10.1. The lowest BCUT2D eigenvalue weighted by molar-refractivity contribution is 0.0718. The third-order valence-electron chi connectivity index (χ3n) is 5.40. The molecule has 3 aromatic carbocycles. The summed E-state index contributed by atoms with van der Waals surface area (Å²) < 4.78 is 13.1. The van der Waals surface area contributed by atoms with Crippen molar-refractivity contribution in [2.75, 3.05) is 26.2 Å². The van der Waals surface area contributed by atoms with Gasteiger partial charge < -0.3 is 9.80 Å². The van der Waals surface area contributed by atoms with E-state index in [0.717, 1.165) is 11.1 Å². The highest BCUT2D eigenvalue weighted by atomic mass is 19.1. The minimum atomic E-state index is -0.363. The zero-order valence-electron chi connectivity index (χ0n) is 16.6. The maximum Gasteiger partial charge on any atom is 0.253 e. The lowest BCUT2D eigenvalue weighted by Gasteiger charge is -2.22. The molecule has 1 aliphatic heterocycles. The van der Waals surface area contributed by atoms with Gasteiger partial charge in [0, 0.05) is 37.3 Å². The molecule has 3 aromatic rings. The van der Waals surface area contributed by atoms with Crippen LogP contribution < -0.4 is 0 Å². The number of hydrogen-bond donors (Lipinski definition) is 0. The Balaban J connectivity index is 1.41. The molecule has 0 N–H and O–H groups in total. The maximum atomic E-state index is 13.1. The van der Waals surface area contributed by atoms with Gasteiger partial charge in [-0.1, -0.05) is 42.5 Å². The Kier molecular flexibility index (Phi) is 5.89. The first kappa shape index (κ1) is 19.8. The van der Waals surface area contributed by atoms with E-state index >= 15 is 0 Å². The highest BCUT2D eigenvalue weighted by molar-refractivity contribution is 5.95. The van der Waals surface area contributed by atoms with Crippen LogP contribution in [0.4, 0.5) is 4.39 Å². The van der Waals surface area contributed by atoms with Crippen LogP contribution in [0.5, 0.6) is 0 Å². The minimum Gasteiger partial charge on any atom is -0.337 e. The van der Waals surface area contributed by atoms with E-state index < -0.39 is 0 Å². The van der Waals surface area contributed by atoms with Gasteiger partial charge in [0.05, 0.1) is 0 Å². The average molecular weight is 402 g/mol. The Morgan fingerprint density at radius 1 is 0.600 bits per heavy atom. The van der Waals surface area contributed by atoms with Gasteiger partial charge in [-0.3, -0.25) is 9.59 Å². The van der Waals surface area contributed by atoms with Crippen LogP contribution in [-0.2, 0) is 0 Å². The molecule has 1 aliphatic rings. The van der Waals surface area contributed by atoms with Crippen LogP contribution >= 0.6 is 0 Å². The Labute approximate surface area is 175 Å². The molecule has 152 valence electrons. The van der Waals surface area contributed by atoms with E-state index in [1.54, 1.807) is 9.80 Å². The summed E-state index contributed by atoms with van der Waals surface area (Å²) in [7, 11) is 0. The molecule has 0 atom stereocenters. The Morgan fingerprint density at radius 2 is 1.07 bits per heavy atom. The fourth-order valence-corrected chi connectivity index (χ4v) is 3.72. The molecule has 1 fully saturated rings. The van der Waals surface area contributed by atoms with Gasteiger partial charge in [-0.25, -0.2) is 4.39 Å². The van der Waals surface area contributed by atoms with Gasteiger partial charge in [0.1, 0.15) is 5.82 Å². The normalized spacial score (nSPS) is 14.3. The van der Waals surface area contributed by atoms with E-state index in [-0.39, 0.29) is 17.6 Å². The van der Waals surface area contributed by atoms with E-state index in [0.29, 0.717) is 43.7 Å². The van der Waals surface area contributed by atoms with E-state index in [1.165, 1.54) is 24.3 Å². The number of carbonyl (C=O) groups is 2. The Bertz CT molecular complexity index is 1020. The molecule has 0 saturated carbocycles. The Hall–Kier alpha value is -3.47. The van der Waals surface area contributed by atoms with E-state index in [9.17, 15) is 14.0 Å². The highest BCUT2D eigenvalue weighted by Crippen LogP contribution is 2.20. The van der Waals surface area contributed by atoms with Crippen molar-refractivity contribution in [1.82, 2.24) is 9.80 Å². The van der Waals surface area contributed by atoms with Crippen molar-refractivity contribution in [3.05, 3.63) is 95.8 Å². The van der Waals surface area contributed by atoms with Crippen LogP contribution in [0.15, 0.2) is 78.9 Å². The molecule has 0 aliphatic carbocycles. The zero-order chi connectivity index (χ0) is 20.9. The maximum absolute atomic E-state index is 13.1. The molecule has 4 nitrogen and oxygen atoms in total. The third-order valence-corrected chi connectivity index (χ3v) is 5.40. The van der Waals surface area contributed by atoms with Crippen molar-refractivity contribution in [1.29, 1.82) is 0 Å². The fourth-order valence-electron chi connectivity index (χ4n) is 3.72. The smallest absolute Gasteiger partial charge is 0.253 e. The summed E-state index contributed by atoms with van der Waals surface area (Å²) in [6.07, 6.45) is 0.709. The molecule has 2 amide bonds. The number of benzene rings is 3. The summed E-state index contributed by atoms with van der Waals surface area (Å²) in [6.45, 7) is 2.12. The first-order valence-electron chi connectivity index (χ1n) is 10.1. The molecule has 0 bridgehead atoms. The van der Waals surface area contributed by atoms with Gasteiger partial charge in [-0.15, -0.1) is 0 Å². The lowest BCUT2D eigenvalue weighted by atomic mass is 10.0. The van der Waals surface area contributed by atoms with E-state index in [2.05, 4.69) is 0 Å². The van der Waals surface area contributed by atoms with Gasteiger partial charge in [0.25, 0.3) is 11.8 Å². The standard InChI is InChI=1S/C25H23FN2O2/c26-23-13-11-22(12-14-23)25(30)28-16-4-15-27(17-18-28)24(29)21-9-7-20(8-10-21)19-5-2-1-3-6-19/h1-3,5-14H,4,15-18H2. The molecule has 1 saturated heterocycles. The van der Waals surface area contributed by atoms with E-state index in [1.807, 2.05) is 54.6 Å². The largest absolute Gasteiger partial charge is 0.337 e. The molecule has 0 aromatic heterocycles. The molecule has 5 heteroatoms.